The summed E-state index contributed by atoms with van der Waals surface area (Å²) < 4.78 is 1.86. The quantitative estimate of drug-likeness (QED) is 0.552. The van der Waals surface area contributed by atoms with Crippen LogP contribution in [0.25, 0.3) is 17.1 Å². The van der Waals surface area contributed by atoms with E-state index in [-0.39, 0.29) is 12.0 Å². The second kappa shape index (κ2) is 6.40. The van der Waals surface area contributed by atoms with Crippen molar-refractivity contribution in [3.05, 3.63) is 48.6 Å². The van der Waals surface area contributed by atoms with Gasteiger partial charge in [-0.25, -0.2) is 15.0 Å². The van der Waals surface area contributed by atoms with Gasteiger partial charge in [-0.3, -0.25) is 0 Å². The number of nitrogens with two attached hydrogens (primary N) is 2. The summed E-state index contributed by atoms with van der Waals surface area (Å²) in [5.41, 5.74) is 12.9. The highest BCUT2D eigenvalue weighted by molar-refractivity contribution is 5.86. The highest BCUT2D eigenvalue weighted by Crippen LogP contribution is 2.38. The molecule has 26 heavy (non-hydrogen) atoms. The maximum absolute atomic E-state index is 10.6. The lowest BCUT2D eigenvalue weighted by atomic mass is 10.0. The first kappa shape index (κ1) is 16.5. The molecule has 0 saturated heterocycles. The van der Waals surface area contributed by atoms with Crippen LogP contribution in [0.4, 0.5) is 11.6 Å². The first-order valence-corrected chi connectivity index (χ1v) is 8.38. The highest BCUT2D eigenvalue weighted by Gasteiger charge is 2.41. The smallest absolute Gasteiger partial charge is 0.145 e. The van der Waals surface area contributed by atoms with E-state index < -0.39 is 12.2 Å². The lowest BCUT2D eigenvalue weighted by Gasteiger charge is -2.18. The van der Waals surface area contributed by atoms with E-state index in [1.807, 2.05) is 41.1 Å². The van der Waals surface area contributed by atoms with Crippen molar-refractivity contribution in [1.82, 2.24) is 19.5 Å². The van der Waals surface area contributed by atoms with Crippen LogP contribution in [0.3, 0.4) is 0 Å². The van der Waals surface area contributed by atoms with E-state index in [0.717, 1.165) is 5.39 Å². The fourth-order valence-electron chi connectivity index (χ4n) is 3.55. The standard InChI is InChI=1S/C18H20N6O2/c19-14-3-1-2-11(23-14)5-4-10-8-13(16(26)15(10)25)24-7-6-12-17(20)21-9-22-18(12)24/h1-7,9-10,13,15-16,25-26H,8H2,(H2,19,23)(H2,20,21,22)/b5-4+/t10-,13+,15+,16-/m0/s1. The molecule has 0 aliphatic heterocycles. The summed E-state index contributed by atoms with van der Waals surface area (Å²) in [6, 6.07) is 6.89. The van der Waals surface area contributed by atoms with Crippen LogP contribution >= 0.6 is 0 Å². The zero-order valence-corrected chi connectivity index (χ0v) is 14.0. The van der Waals surface area contributed by atoms with Gasteiger partial charge in [0.2, 0.25) is 0 Å². The molecular weight excluding hydrogens is 332 g/mol. The number of nitrogen functional groups attached to an aromatic ring is 2. The van der Waals surface area contributed by atoms with Gasteiger partial charge in [0.25, 0.3) is 0 Å². The fraction of sp³-hybridized carbons (Fsp3) is 0.278. The molecule has 134 valence electrons. The molecule has 1 saturated carbocycles. The summed E-state index contributed by atoms with van der Waals surface area (Å²) in [5, 5.41) is 21.8. The van der Waals surface area contributed by atoms with E-state index in [1.54, 1.807) is 6.07 Å². The molecule has 0 bridgehead atoms. The molecule has 4 rings (SSSR count). The lowest BCUT2D eigenvalue weighted by Crippen LogP contribution is -2.29. The highest BCUT2D eigenvalue weighted by atomic mass is 16.3. The number of pyridine rings is 1. The molecular formula is C18H20N6O2. The van der Waals surface area contributed by atoms with Crippen LogP contribution in [0.5, 0.6) is 0 Å². The van der Waals surface area contributed by atoms with Gasteiger partial charge in [-0.05, 0) is 30.7 Å². The number of aliphatic hydroxyl groups is 2. The molecule has 1 aliphatic rings. The molecule has 0 spiro atoms. The number of anilines is 2. The van der Waals surface area contributed by atoms with Crippen LogP contribution in [0, 0.1) is 5.92 Å². The predicted octanol–water partition coefficient (Wildman–Crippen LogP) is 0.987. The molecule has 1 fully saturated rings. The van der Waals surface area contributed by atoms with E-state index in [2.05, 4.69) is 15.0 Å². The zero-order chi connectivity index (χ0) is 18.3. The van der Waals surface area contributed by atoms with Crippen molar-refractivity contribution >= 4 is 28.7 Å². The van der Waals surface area contributed by atoms with E-state index in [9.17, 15) is 10.2 Å². The molecule has 0 radical (unpaired) electrons. The van der Waals surface area contributed by atoms with Gasteiger partial charge in [0.05, 0.1) is 23.2 Å². The second-order valence-corrected chi connectivity index (χ2v) is 6.51. The third-order valence-electron chi connectivity index (χ3n) is 4.90. The van der Waals surface area contributed by atoms with Gasteiger partial charge in [-0.1, -0.05) is 12.1 Å². The Morgan fingerprint density at radius 1 is 1.12 bits per heavy atom. The molecule has 1 aliphatic carbocycles. The Labute approximate surface area is 149 Å². The summed E-state index contributed by atoms with van der Waals surface area (Å²) in [6.07, 6.45) is 5.67. The summed E-state index contributed by atoms with van der Waals surface area (Å²) in [7, 11) is 0. The summed E-state index contributed by atoms with van der Waals surface area (Å²) in [5.74, 6) is 0.619. The SMILES string of the molecule is Nc1cccc(/C=C/[C@H]2C[C@@H](n3ccc4c(N)ncnc43)[C@H](O)[C@@H]2O)n1. The molecule has 0 aromatic carbocycles. The molecule has 3 aromatic heterocycles. The number of hydrogen-bond acceptors (Lipinski definition) is 7. The zero-order valence-electron chi connectivity index (χ0n) is 14.0. The molecule has 3 aromatic rings. The first-order chi connectivity index (χ1) is 12.5. The number of rotatable bonds is 3. The Hall–Kier alpha value is -2.97. The van der Waals surface area contributed by atoms with E-state index in [0.29, 0.717) is 29.4 Å². The van der Waals surface area contributed by atoms with E-state index in [1.165, 1.54) is 6.33 Å². The Bertz CT molecular complexity index is 969. The van der Waals surface area contributed by atoms with Crippen LogP contribution in [-0.4, -0.2) is 41.9 Å². The van der Waals surface area contributed by atoms with Crippen LogP contribution in [-0.2, 0) is 0 Å². The molecule has 4 atom stereocenters. The Morgan fingerprint density at radius 3 is 2.77 bits per heavy atom. The van der Waals surface area contributed by atoms with Crippen LogP contribution in [0.1, 0.15) is 18.2 Å². The number of fused-ring (bicyclic) bond motifs is 1. The van der Waals surface area contributed by atoms with Gasteiger partial charge in [0.1, 0.15) is 29.7 Å². The number of aromatic nitrogens is 4. The van der Waals surface area contributed by atoms with Crippen LogP contribution < -0.4 is 11.5 Å². The largest absolute Gasteiger partial charge is 0.390 e. The Balaban J connectivity index is 1.60. The van der Waals surface area contributed by atoms with Crippen molar-refractivity contribution in [2.45, 2.75) is 24.7 Å². The number of aliphatic hydroxyl groups excluding tert-OH is 2. The minimum Gasteiger partial charge on any atom is -0.390 e. The first-order valence-electron chi connectivity index (χ1n) is 8.38. The van der Waals surface area contributed by atoms with E-state index in [4.69, 9.17) is 11.5 Å². The topological polar surface area (TPSA) is 136 Å². The van der Waals surface area contributed by atoms with Gasteiger partial charge in [-0.2, -0.15) is 0 Å². The molecule has 8 nitrogen and oxygen atoms in total. The lowest BCUT2D eigenvalue weighted by molar-refractivity contribution is 0.0139. The van der Waals surface area contributed by atoms with Crippen molar-refractivity contribution in [1.29, 1.82) is 0 Å². The molecule has 8 heteroatoms. The second-order valence-electron chi connectivity index (χ2n) is 6.51. The van der Waals surface area contributed by atoms with Crippen molar-refractivity contribution < 1.29 is 10.2 Å². The molecule has 0 amide bonds. The Morgan fingerprint density at radius 2 is 1.96 bits per heavy atom. The minimum absolute atomic E-state index is 0.213. The fourth-order valence-corrected chi connectivity index (χ4v) is 3.55. The van der Waals surface area contributed by atoms with Gasteiger partial charge < -0.3 is 26.2 Å². The normalized spacial score (nSPS) is 26.1. The molecule has 6 N–H and O–H groups in total. The van der Waals surface area contributed by atoms with Crippen molar-refractivity contribution in [2.75, 3.05) is 11.5 Å². The summed E-state index contributed by atoms with van der Waals surface area (Å²) in [6.45, 7) is 0. The summed E-state index contributed by atoms with van der Waals surface area (Å²) >= 11 is 0. The average molecular weight is 352 g/mol. The average Bonchev–Trinajstić information content (AvgIpc) is 3.17. The summed E-state index contributed by atoms with van der Waals surface area (Å²) in [4.78, 5) is 12.5. The van der Waals surface area contributed by atoms with Gasteiger partial charge in [0.15, 0.2) is 0 Å². The third-order valence-corrected chi connectivity index (χ3v) is 4.90. The maximum atomic E-state index is 10.6. The van der Waals surface area contributed by atoms with E-state index >= 15 is 0 Å². The van der Waals surface area contributed by atoms with Gasteiger partial charge >= 0.3 is 0 Å². The molecule has 3 heterocycles. The van der Waals surface area contributed by atoms with Gasteiger partial charge in [0, 0.05) is 12.1 Å². The van der Waals surface area contributed by atoms with Crippen LogP contribution in [0.2, 0.25) is 0 Å². The number of hydrogen-bond donors (Lipinski definition) is 4. The van der Waals surface area contributed by atoms with Gasteiger partial charge in [-0.15, -0.1) is 0 Å². The van der Waals surface area contributed by atoms with Crippen molar-refractivity contribution in [3.8, 4) is 0 Å². The van der Waals surface area contributed by atoms with Crippen molar-refractivity contribution in [3.63, 3.8) is 0 Å². The monoisotopic (exact) mass is 352 g/mol. The van der Waals surface area contributed by atoms with Crippen molar-refractivity contribution in [2.24, 2.45) is 5.92 Å². The predicted molar refractivity (Wildman–Crippen MR) is 98.8 cm³/mol. The van der Waals surface area contributed by atoms with Crippen LogP contribution in [0.15, 0.2) is 42.9 Å². The minimum atomic E-state index is -0.912. The molecule has 0 unspecified atom stereocenters. The number of nitrogens with zero attached hydrogens (tertiary/aromatic N) is 4. The maximum Gasteiger partial charge on any atom is 0.145 e. The Kier molecular flexibility index (Phi) is 4.06. The third kappa shape index (κ3) is 2.79.